The Balaban J connectivity index is 2.60. The van der Waals surface area contributed by atoms with Crippen molar-refractivity contribution in [3.63, 3.8) is 0 Å². The Morgan fingerprint density at radius 3 is 2.71 bits per heavy atom. The molecule has 0 aliphatic rings. The number of benzene rings is 1. The van der Waals surface area contributed by atoms with Crippen molar-refractivity contribution in [3.8, 4) is 0 Å². The first-order valence-corrected chi connectivity index (χ1v) is 5.52. The zero-order chi connectivity index (χ0) is 10.6. The third kappa shape index (κ3) is 3.54. The first kappa shape index (κ1) is 11.3. The number of nitrogens with one attached hydrogen (secondary N) is 1. The fourth-order valence-corrected chi connectivity index (χ4v) is 1.45. The zero-order valence-electron chi connectivity index (χ0n) is 8.89. The summed E-state index contributed by atoms with van der Waals surface area (Å²) in [5.74, 6) is 0. The molecule has 0 saturated heterocycles. The van der Waals surface area contributed by atoms with E-state index in [1.54, 1.807) is 0 Å². The Hall–Kier alpha value is -0.760. The van der Waals surface area contributed by atoms with Crippen molar-refractivity contribution < 1.29 is 0 Å². The molecule has 2 heteroatoms. The van der Waals surface area contributed by atoms with Gasteiger partial charge in [0.15, 0.2) is 0 Å². The van der Waals surface area contributed by atoms with Gasteiger partial charge in [0.05, 0.1) is 0 Å². The van der Waals surface area contributed by atoms with Gasteiger partial charge in [0.25, 0.3) is 0 Å². The molecule has 1 nitrogen and oxygen atoms in total. The molecule has 0 amide bonds. The summed E-state index contributed by atoms with van der Waals surface area (Å²) in [7, 11) is 0. The molecule has 0 aliphatic heterocycles. The summed E-state index contributed by atoms with van der Waals surface area (Å²) >= 11 is 3.51. The highest BCUT2D eigenvalue weighted by molar-refractivity contribution is 9.10. The van der Waals surface area contributed by atoms with Crippen LogP contribution in [0.2, 0.25) is 0 Å². The van der Waals surface area contributed by atoms with E-state index in [1.807, 2.05) is 0 Å². The second kappa shape index (κ2) is 5.20. The highest BCUT2D eigenvalue weighted by Crippen LogP contribution is 2.20. The van der Waals surface area contributed by atoms with Crippen LogP contribution in [0.15, 0.2) is 34.3 Å². The van der Waals surface area contributed by atoms with Crippen molar-refractivity contribution in [1.82, 2.24) is 0 Å². The quantitative estimate of drug-likeness (QED) is 0.799. The number of anilines is 1. The van der Waals surface area contributed by atoms with Gasteiger partial charge in [0.2, 0.25) is 0 Å². The molecule has 0 heterocycles. The molecule has 1 aromatic carbocycles. The Morgan fingerprint density at radius 2 is 2.14 bits per heavy atom. The summed E-state index contributed by atoms with van der Waals surface area (Å²) in [5.41, 5.74) is 3.75. The first-order valence-electron chi connectivity index (χ1n) is 4.73. The lowest BCUT2D eigenvalue weighted by Crippen LogP contribution is -1.98. The van der Waals surface area contributed by atoms with E-state index in [0.29, 0.717) is 0 Å². The minimum Gasteiger partial charge on any atom is -0.382 e. The van der Waals surface area contributed by atoms with E-state index < -0.39 is 0 Å². The molecule has 0 radical (unpaired) electrons. The third-order valence-electron chi connectivity index (χ3n) is 1.99. The van der Waals surface area contributed by atoms with Crippen molar-refractivity contribution in [1.29, 1.82) is 0 Å². The molecule has 0 atom stereocenters. The number of rotatable bonds is 3. The molecule has 76 valence electrons. The maximum atomic E-state index is 3.51. The monoisotopic (exact) mass is 253 g/mol. The van der Waals surface area contributed by atoms with Crippen LogP contribution in [0.5, 0.6) is 0 Å². The second-order valence-corrected chi connectivity index (χ2v) is 4.48. The van der Waals surface area contributed by atoms with E-state index in [4.69, 9.17) is 0 Å². The molecular weight excluding hydrogens is 238 g/mol. The van der Waals surface area contributed by atoms with Crippen LogP contribution < -0.4 is 5.32 Å². The van der Waals surface area contributed by atoms with E-state index in [9.17, 15) is 0 Å². The topological polar surface area (TPSA) is 12.0 Å². The van der Waals surface area contributed by atoms with Gasteiger partial charge in [-0.05, 0) is 38.5 Å². The number of halogens is 1. The highest BCUT2D eigenvalue weighted by Gasteiger charge is 1.95. The van der Waals surface area contributed by atoms with Gasteiger partial charge in [0, 0.05) is 16.7 Å². The maximum absolute atomic E-state index is 3.51. The SMILES string of the molecule is CC(C)=CCNc1ccc(C)c(Br)c1. The smallest absolute Gasteiger partial charge is 0.0354 e. The van der Waals surface area contributed by atoms with Crippen LogP contribution in [0, 0.1) is 6.92 Å². The van der Waals surface area contributed by atoms with E-state index in [0.717, 1.165) is 16.7 Å². The minimum atomic E-state index is 0.887. The average molecular weight is 254 g/mol. The molecule has 1 N–H and O–H groups in total. The standard InChI is InChI=1S/C12H16BrN/c1-9(2)6-7-14-11-5-4-10(3)12(13)8-11/h4-6,8,14H,7H2,1-3H3. The predicted molar refractivity (Wildman–Crippen MR) is 66.8 cm³/mol. The van der Waals surface area contributed by atoms with Gasteiger partial charge in [-0.1, -0.05) is 33.6 Å². The van der Waals surface area contributed by atoms with Gasteiger partial charge in [-0.2, -0.15) is 0 Å². The van der Waals surface area contributed by atoms with E-state index in [2.05, 4.69) is 66.3 Å². The average Bonchev–Trinajstić information content (AvgIpc) is 2.10. The predicted octanol–water partition coefficient (Wildman–Crippen LogP) is 4.14. The molecule has 14 heavy (non-hydrogen) atoms. The van der Waals surface area contributed by atoms with Crippen LogP contribution in [0.1, 0.15) is 19.4 Å². The first-order chi connectivity index (χ1) is 6.59. The van der Waals surface area contributed by atoms with Gasteiger partial charge in [0.1, 0.15) is 0 Å². The minimum absolute atomic E-state index is 0.887. The normalized spacial score (nSPS) is 9.71. The third-order valence-corrected chi connectivity index (χ3v) is 2.84. The lowest BCUT2D eigenvalue weighted by atomic mass is 10.2. The van der Waals surface area contributed by atoms with Crippen LogP contribution >= 0.6 is 15.9 Å². The fourth-order valence-electron chi connectivity index (χ4n) is 1.08. The maximum Gasteiger partial charge on any atom is 0.0354 e. The van der Waals surface area contributed by atoms with Gasteiger partial charge >= 0.3 is 0 Å². The second-order valence-electron chi connectivity index (χ2n) is 3.63. The van der Waals surface area contributed by atoms with Crippen molar-refractivity contribution >= 4 is 21.6 Å². The van der Waals surface area contributed by atoms with Gasteiger partial charge < -0.3 is 5.32 Å². The molecular formula is C12H16BrN. The molecule has 0 saturated carbocycles. The largest absolute Gasteiger partial charge is 0.382 e. The van der Waals surface area contributed by atoms with Gasteiger partial charge in [-0.3, -0.25) is 0 Å². The van der Waals surface area contributed by atoms with Crippen LogP contribution in [0.25, 0.3) is 0 Å². The van der Waals surface area contributed by atoms with Crippen molar-refractivity contribution in [3.05, 3.63) is 39.9 Å². The van der Waals surface area contributed by atoms with Crippen LogP contribution in [0.3, 0.4) is 0 Å². The van der Waals surface area contributed by atoms with Gasteiger partial charge in [-0.25, -0.2) is 0 Å². The van der Waals surface area contributed by atoms with E-state index in [-0.39, 0.29) is 0 Å². The van der Waals surface area contributed by atoms with Crippen molar-refractivity contribution in [2.75, 3.05) is 11.9 Å². The molecule has 0 aromatic heterocycles. The lowest BCUT2D eigenvalue weighted by Gasteiger charge is -2.05. The Kier molecular flexibility index (Phi) is 4.21. The zero-order valence-corrected chi connectivity index (χ0v) is 10.5. The lowest BCUT2D eigenvalue weighted by molar-refractivity contribution is 1.26. The summed E-state index contributed by atoms with van der Waals surface area (Å²) in [6, 6.07) is 6.31. The molecule has 1 rings (SSSR count). The van der Waals surface area contributed by atoms with Crippen molar-refractivity contribution in [2.24, 2.45) is 0 Å². The number of aryl methyl sites for hydroxylation is 1. The van der Waals surface area contributed by atoms with E-state index >= 15 is 0 Å². The van der Waals surface area contributed by atoms with Crippen LogP contribution in [0.4, 0.5) is 5.69 Å². The molecule has 1 aromatic rings. The molecule has 0 unspecified atom stereocenters. The molecule has 0 aliphatic carbocycles. The number of hydrogen-bond acceptors (Lipinski definition) is 1. The summed E-state index contributed by atoms with van der Waals surface area (Å²) in [6.07, 6.45) is 2.17. The Bertz CT molecular complexity index is 338. The Labute approximate surface area is 94.3 Å². The van der Waals surface area contributed by atoms with Gasteiger partial charge in [-0.15, -0.1) is 0 Å². The number of allylic oxidation sites excluding steroid dienone is 1. The summed E-state index contributed by atoms with van der Waals surface area (Å²) in [6.45, 7) is 7.18. The van der Waals surface area contributed by atoms with Crippen LogP contribution in [-0.2, 0) is 0 Å². The fraction of sp³-hybridized carbons (Fsp3) is 0.333. The van der Waals surface area contributed by atoms with Crippen LogP contribution in [-0.4, -0.2) is 6.54 Å². The van der Waals surface area contributed by atoms with Crippen molar-refractivity contribution in [2.45, 2.75) is 20.8 Å². The number of hydrogen-bond donors (Lipinski definition) is 1. The molecule has 0 fully saturated rings. The summed E-state index contributed by atoms with van der Waals surface area (Å²) in [4.78, 5) is 0. The van der Waals surface area contributed by atoms with E-state index in [1.165, 1.54) is 11.1 Å². The summed E-state index contributed by atoms with van der Waals surface area (Å²) in [5, 5.41) is 3.34. The molecule has 0 spiro atoms. The summed E-state index contributed by atoms with van der Waals surface area (Å²) < 4.78 is 1.15. The Morgan fingerprint density at radius 1 is 1.43 bits per heavy atom. The molecule has 0 bridgehead atoms. The highest BCUT2D eigenvalue weighted by atomic mass is 79.9.